The van der Waals surface area contributed by atoms with E-state index in [1.165, 1.54) is 0 Å². The van der Waals surface area contributed by atoms with Gasteiger partial charge < -0.3 is 56.1 Å². The van der Waals surface area contributed by atoms with Crippen LogP contribution in [0.25, 0.3) is 11.1 Å². The SMILES string of the molecule is NC1CCC2(CC1)c1cc(C#CC[C@H]3O[C@H](CO)[C@@H](O)[C@H](O)[C@@H]3O)ccc1-c1ccc(C#C[C@H]3O[C@H](CO)[C@@H](O)[C@H](O)[C@@H]3O)cc12. The Hall–Kier alpha value is -2.88. The predicted molar refractivity (Wildman–Crippen MR) is 165 cm³/mol. The summed E-state index contributed by atoms with van der Waals surface area (Å²) in [5, 5.41) is 80.2. The van der Waals surface area contributed by atoms with Crippen molar-refractivity contribution < 1.29 is 50.3 Å². The van der Waals surface area contributed by atoms with Gasteiger partial charge in [0.1, 0.15) is 54.9 Å². The van der Waals surface area contributed by atoms with Gasteiger partial charge in [0.25, 0.3) is 0 Å². The molecule has 2 saturated heterocycles. The van der Waals surface area contributed by atoms with Gasteiger partial charge in [-0.1, -0.05) is 35.8 Å². The van der Waals surface area contributed by atoms with Gasteiger partial charge in [-0.15, -0.1) is 0 Å². The Kier molecular flexibility index (Phi) is 9.57. The van der Waals surface area contributed by atoms with E-state index in [9.17, 15) is 40.9 Å². The summed E-state index contributed by atoms with van der Waals surface area (Å²) in [5.41, 5.74) is 11.9. The van der Waals surface area contributed by atoms with Crippen LogP contribution >= 0.6 is 0 Å². The van der Waals surface area contributed by atoms with Crippen LogP contribution in [0.1, 0.15) is 54.4 Å². The summed E-state index contributed by atoms with van der Waals surface area (Å²) in [7, 11) is 0. The molecule has 0 unspecified atom stereocenters. The monoisotopic (exact) mass is 635 g/mol. The molecule has 1 saturated carbocycles. The molecule has 46 heavy (non-hydrogen) atoms. The summed E-state index contributed by atoms with van der Waals surface area (Å²) in [5.74, 6) is 12.1. The van der Waals surface area contributed by atoms with E-state index >= 15 is 0 Å². The van der Waals surface area contributed by atoms with Crippen molar-refractivity contribution in [3.8, 4) is 34.8 Å². The summed E-state index contributed by atoms with van der Waals surface area (Å²) in [6.07, 6.45) is -9.10. The number of aliphatic hydroxyl groups is 8. The van der Waals surface area contributed by atoms with Crippen LogP contribution in [0.3, 0.4) is 0 Å². The molecule has 3 fully saturated rings. The maximum absolute atomic E-state index is 10.4. The Morgan fingerprint density at radius 3 is 1.78 bits per heavy atom. The number of hydrogen-bond donors (Lipinski definition) is 9. The number of rotatable bonds is 3. The van der Waals surface area contributed by atoms with Gasteiger partial charge in [-0.2, -0.15) is 0 Å². The third-order valence-electron chi connectivity index (χ3n) is 10.0. The Labute approximate surface area is 267 Å². The molecule has 10 N–H and O–H groups in total. The highest BCUT2D eigenvalue weighted by Gasteiger charge is 2.46. The quantitative estimate of drug-likeness (QED) is 0.180. The standard InChI is InChI=1S/C35H41NO10/c36-20-10-12-35(13-11-20)23-14-18(2-1-3-25-29(39)33(43)31(41)27(16-37)45-25)4-7-21(23)22-8-5-19(15-24(22)35)6-9-26-30(40)34(44)32(42)28(17-38)46-26/h4-5,7-8,14-15,20,25-34,37-44H,3,10-13,16-17,36H2/t20?,25-,26-,27-,28-,29-,30-,31-,32-,33-,34-,35?/m1/s1. The van der Waals surface area contributed by atoms with Gasteiger partial charge in [0.05, 0.1) is 19.3 Å². The van der Waals surface area contributed by atoms with Crippen LogP contribution < -0.4 is 5.73 Å². The van der Waals surface area contributed by atoms with E-state index in [-0.39, 0.29) is 17.9 Å². The maximum atomic E-state index is 10.4. The Morgan fingerprint density at radius 1 is 0.674 bits per heavy atom. The lowest BCUT2D eigenvalue weighted by Crippen LogP contribution is -2.58. The van der Waals surface area contributed by atoms with Gasteiger partial charge in [0.15, 0.2) is 0 Å². The minimum absolute atomic E-state index is 0.0925. The lowest BCUT2D eigenvalue weighted by atomic mass is 9.66. The average Bonchev–Trinajstić information content (AvgIpc) is 3.32. The lowest BCUT2D eigenvalue weighted by Gasteiger charge is -2.39. The molecule has 11 nitrogen and oxygen atoms in total. The molecule has 2 aliphatic carbocycles. The molecule has 246 valence electrons. The second-order valence-corrected chi connectivity index (χ2v) is 12.8. The summed E-state index contributed by atoms with van der Waals surface area (Å²) >= 11 is 0. The summed E-state index contributed by atoms with van der Waals surface area (Å²) < 4.78 is 11.2. The highest BCUT2D eigenvalue weighted by Crippen LogP contribution is 2.55. The zero-order chi connectivity index (χ0) is 32.7. The van der Waals surface area contributed by atoms with Gasteiger partial charge in [0, 0.05) is 29.0 Å². The molecule has 6 rings (SSSR count). The zero-order valence-electron chi connectivity index (χ0n) is 25.2. The topological polar surface area (TPSA) is 206 Å². The van der Waals surface area contributed by atoms with Crippen molar-refractivity contribution in [2.24, 2.45) is 5.73 Å². The fourth-order valence-corrected chi connectivity index (χ4v) is 7.30. The fraction of sp³-hybridized carbons (Fsp3) is 0.543. The van der Waals surface area contributed by atoms with Crippen LogP contribution in [0.4, 0.5) is 0 Å². The van der Waals surface area contributed by atoms with Gasteiger partial charge in [-0.3, -0.25) is 0 Å². The molecule has 4 aliphatic rings. The number of ether oxygens (including phenoxy) is 2. The van der Waals surface area contributed by atoms with Crippen molar-refractivity contribution in [2.75, 3.05) is 13.2 Å². The molecule has 1 spiro atoms. The van der Waals surface area contributed by atoms with E-state index in [4.69, 9.17) is 15.2 Å². The second-order valence-electron chi connectivity index (χ2n) is 12.8. The van der Waals surface area contributed by atoms with E-state index < -0.39 is 74.3 Å². The van der Waals surface area contributed by atoms with Crippen LogP contribution in [0, 0.1) is 23.7 Å². The maximum Gasteiger partial charge on any atom is 0.147 e. The highest BCUT2D eigenvalue weighted by atomic mass is 16.5. The molecular formula is C35H41NO10. The fourth-order valence-electron chi connectivity index (χ4n) is 7.30. The molecule has 0 amide bonds. The largest absolute Gasteiger partial charge is 0.394 e. The van der Waals surface area contributed by atoms with Gasteiger partial charge in [-0.25, -0.2) is 0 Å². The van der Waals surface area contributed by atoms with Gasteiger partial charge in [-0.05, 0) is 72.2 Å². The normalized spacial score (nSPS) is 38.2. The van der Waals surface area contributed by atoms with E-state index in [1.807, 2.05) is 24.3 Å². The minimum Gasteiger partial charge on any atom is -0.394 e. The van der Waals surface area contributed by atoms with Crippen LogP contribution in [0.5, 0.6) is 0 Å². The van der Waals surface area contributed by atoms with E-state index in [0.717, 1.165) is 53.5 Å². The van der Waals surface area contributed by atoms with Gasteiger partial charge in [0.2, 0.25) is 0 Å². The predicted octanol–water partition coefficient (Wildman–Crippen LogP) is -1.37. The first-order valence-corrected chi connectivity index (χ1v) is 15.7. The number of nitrogens with two attached hydrogens (primary N) is 1. The molecule has 2 aromatic carbocycles. The third-order valence-corrected chi connectivity index (χ3v) is 10.0. The molecule has 0 aromatic heterocycles. The van der Waals surface area contributed by atoms with Crippen molar-refractivity contribution in [3.63, 3.8) is 0 Å². The van der Waals surface area contributed by atoms with Crippen molar-refractivity contribution in [2.45, 2.75) is 105 Å². The smallest absolute Gasteiger partial charge is 0.147 e. The van der Waals surface area contributed by atoms with Crippen LogP contribution in [-0.4, -0.2) is 121 Å². The Balaban J connectivity index is 1.28. The van der Waals surface area contributed by atoms with E-state index in [0.29, 0.717) is 5.56 Å². The molecular weight excluding hydrogens is 594 g/mol. The molecule has 2 aliphatic heterocycles. The van der Waals surface area contributed by atoms with Crippen LogP contribution in [0.2, 0.25) is 0 Å². The number of benzene rings is 2. The Bertz CT molecular complexity index is 1550. The number of fused-ring (bicyclic) bond motifs is 5. The average molecular weight is 636 g/mol. The first-order chi connectivity index (χ1) is 22.1. The van der Waals surface area contributed by atoms with Crippen molar-refractivity contribution in [3.05, 3.63) is 58.7 Å². The van der Waals surface area contributed by atoms with E-state index in [1.54, 1.807) is 0 Å². The number of hydrogen-bond acceptors (Lipinski definition) is 11. The van der Waals surface area contributed by atoms with Crippen LogP contribution in [-0.2, 0) is 14.9 Å². The first-order valence-electron chi connectivity index (χ1n) is 15.7. The minimum atomic E-state index is -1.50. The summed E-state index contributed by atoms with van der Waals surface area (Å²) in [6, 6.07) is 12.1. The second kappa shape index (κ2) is 13.3. The molecule has 2 aromatic rings. The molecule has 0 radical (unpaired) electrons. The molecule has 10 atom stereocenters. The number of aliphatic hydroxyl groups excluding tert-OH is 8. The molecule has 11 heteroatoms. The lowest BCUT2D eigenvalue weighted by molar-refractivity contribution is -0.227. The van der Waals surface area contributed by atoms with Crippen molar-refractivity contribution >= 4 is 0 Å². The summed E-state index contributed by atoms with van der Waals surface area (Å²) in [4.78, 5) is 0. The summed E-state index contributed by atoms with van der Waals surface area (Å²) in [6.45, 7) is -1.02. The Morgan fingerprint density at radius 2 is 1.20 bits per heavy atom. The highest BCUT2D eigenvalue weighted by molar-refractivity contribution is 5.82. The zero-order valence-corrected chi connectivity index (χ0v) is 25.2. The van der Waals surface area contributed by atoms with Crippen molar-refractivity contribution in [1.82, 2.24) is 0 Å². The van der Waals surface area contributed by atoms with Crippen LogP contribution in [0.15, 0.2) is 36.4 Å². The van der Waals surface area contributed by atoms with Crippen molar-refractivity contribution in [1.29, 1.82) is 0 Å². The first kappa shape index (κ1) is 33.0. The third kappa shape index (κ3) is 5.88. The van der Waals surface area contributed by atoms with Gasteiger partial charge >= 0.3 is 0 Å². The van der Waals surface area contributed by atoms with E-state index in [2.05, 4.69) is 35.8 Å². The molecule has 0 bridgehead atoms. The molecule has 2 heterocycles.